The summed E-state index contributed by atoms with van der Waals surface area (Å²) in [5.74, 6) is 1.67. The molecule has 0 unspecified atom stereocenters. The lowest BCUT2D eigenvalue weighted by atomic mass is 9.99. The van der Waals surface area contributed by atoms with Crippen LogP contribution in [-0.2, 0) is 11.3 Å². The Morgan fingerprint density at radius 2 is 1.73 bits per heavy atom. The van der Waals surface area contributed by atoms with E-state index in [0.29, 0.717) is 12.2 Å². The maximum Gasteiger partial charge on any atom is 0.412 e. The number of carbonyl (C=O) groups excluding carboxylic acids is 1. The molecule has 192 valence electrons. The third-order valence-electron chi connectivity index (χ3n) is 5.97. The molecule has 3 heterocycles. The summed E-state index contributed by atoms with van der Waals surface area (Å²) in [6.07, 6.45) is 4.81. The van der Waals surface area contributed by atoms with Gasteiger partial charge in [0.2, 0.25) is 0 Å². The van der Waals surface area contributed by atoms with Gasteiger partial charge in [0.1, 0.15) is 17.2 Å². The van der Waals surface area contributed by atoms with Gasteiger partial charge in [-0.05, 0) is 63.9 Å². The molecule has 0 bridgehead atoms. The average Bonchev–Trinajstić information content (AvgIpc) is 2.85. The topological polar surface area (TPSA) is 89.5 Å². The van der Waals surface area contributed by atoms with Gasteiger partial charge in [0.25, 0.3) is 0 Å². The number of hydrogen-bond acceptors (Lipinski definition) is 7. The number of aryl methyl sites for hydroxylation is 1. The molecular weight excluding hydrogens is 466 g/mol. The fourth-order valence-corrected chi connectivity index (χ4v) is 4.14. The second-order valence-electron chi connectivity index (χ2n) is 10.0. The third kappa shape index (κ3) is 6.14. The van der Waals surface area contributed by atoms with Crippen LogP contribution in [-0.4, -0.2) is 40.8 Å². The summed E-state index contributed by atoms with van der Waals surface area (Å²) in [4.78, 5) is 28.3. The number of carbonyl (C=O) groups is 1. The summed E-state index contributed by atoms with van der Waals surface area (Å²) >= 11 is 0. The molecule has 4 rings (SSSR count). The van der Waals surface area contributed by atoms with Crippen LogP contribution in [0.5, 0.6) is 5.75 Å². The van der Waals surface area contributed by atoms with E-state index in [9.17, 15) is 4.79 Å². The molecule has 0 spiro atoms. The molecule has 37 heavy (non-hydrogen) atoms. The molecule has 4 aromatic rings. The molecule has 1 N–H and O–H groups in total. The lowest BCUT2D eigenvalue weighted by Gasteiger charge is -2.21. The fourth-order valence-electron chi connectivity index (χ4n) is 4.14. The Morgan fingerprint density at radius 3 is 2.41 bits per heavy atom. The summed E-state index contributed by atoms with van der Waals surface area (Å²) in [5.41, 5.74) is 5.58. The minimum atomic E-state index is -0.588. The van der Waals surface area contributed by atoms with Crippen molar-refractivity contribution in [2.45, 2.75) is 46.8 Å². The van der Waals surface area contributed by atoms with Crippen molar-refractivity contribution in [1.82, 2.24) is 15.0 Å². The van der Waals surface area contributed by atoms with Gasteiger partial charge in [-0.15, -0.1) is 0 Å². The summed E-state index contributed by atoms with van der Waals surface area (Å²) in [6, 6.07) is 12.0. The highest BCUT2D eigenvalue weighted by Gasteiger charge is 2.19. The van der Waals surface area contributed by atoms with E-state index in [0.717, 1.165) is 50.4 Å². The van der Waals surface area contributed by atoms with Crippen LogP contribution >= 0.6 is 0 Å². The molecule has 3 aromatic heterocycles. The summed E-state index contributed by atoms with van der Waals surface area (Å²) in [6.45, 7) is 10.1. The second kappa shape index (κ2) is 10.4. The molecule has 8 nitrogen and oxygen atoms in total. The van der Waals surface area contributed by atoms with Gasteiger partial charge in [-0.1, -0.05) is 12.1 Å². The second-order valence-corrected chi connectivity index (χ2v) is 10.0. The standard InChI is InChI=1S/C29H33N5O3/c1-18-25(33-28(35)37-29(3,4)5)16-30-19(2)27(18)22-12-21-14-32-26(13-24(21)31-15-22)34(6)17-20-8-10-23(36-7)11-9-20/h8-16H,17H2,1-7H3,(H,33,35). The molecule has 0 aliphatic carbocycles. The summed E-state index contributed by atoms with van der Waals surface area (Å²) in [7, 11) is 3.67. The average molecular weight is 500 g/mol. The first-order valence-corrected chi connectivity index (χ1v) is 12.1. The minimum Gasteiger partial charge on any atom is -0.497 e. The number of pyridine rings is 3. The van der Waals surface area contributed by atoms with E-state index in [2.05, 4.69) is 26.3 Å². The quantitative estimate of drug-likeness (QED) is 0.333. The zero-order chi connectivity index (χ0) is 26.7. The van der Waals surface area contributed by atoms with E-state index in [4.69, 9.17) is 14.5 Å². The monoisotopic (exact) mass is 499 g/mol. The number of benzene rings is 1. The number of fused-ring (bicyclic) bond motifs is 1. The number of nitrogens with one attached hydrogen (secondary N) is 1. The predicted molar refractivity (Wildman–Crippen MR) is 147 cm³/mol. The lowest BCUT2D eigenvalue weighted by molar-refractivity contribution is 0.0635. The highest BCUT2D eigenvalue weighted by Crippen LogP contribution is 2.32. The van der Waals surface area contributed by atoms with Gasteiger partial charge in [-0.3, -0.25) is 15.3 Å². The summed E-state index contributed by atoms with van der Waals surface area (Å²) < 4.78 is 10.6. The molecular formula is C29H33N5O3. The van der Waals surface area contributed by atoms with E-state index in [1.807, 2.05) is 84.4 Å². The fraction of sp³-hybridized carbons (Fsp3) is 0.310. The normalized spacial score (nSPS) is 11.3. The Hall–Kier alpha value is -4.20. The van der Waals surface area contributed by atoms with E-state index in [-0.39, 0.29) is 0 Å². The van der Waals surface area contributed by atoms with Crippen molar-refractivity contribution in [1.29, 1.82) is 0 Å². The van der Waals surface area contributed by atoms with Crippen molar-refractivity contribution in [3.8, 4) is 16.9 Å². The predicted octanol–water partition coefficient (Wildman–Crippen LogP) is 6.30. The van der Waals surface area contributed by atoms with Gasteiger partial charge < -0.3 is 14.4 Å². The number of rotatable bonds is 6. The van der Waals surface area contributed by atoms with Crippen molar-refractivity contribution in [2.24, 2.45) is 0 Å². The van der Waals surface area contributed by atoms with E-state index in [1.54, 1.807) is 13.3 Å². The number of aromatic nitrogens is 3. The van der Waals surface area contributed by atoms with Gasteiger partial charge in [0.05, 0.1) is 24.5 Å². The van der Waals surface area contributed by atoms with Crippen LogP contribution in [0, 0.1) is 13.8 Å². The molecule has 0 saturated carbocycles. The molecule has 0 aliphatic rings. The smallest absolute Gasteiger partial charge is 0.412 e. The molecule has 0 atom stereocenters. The van der Waals surface area contributed by atoms with Crippen LogP contribution in [0.15, 0.2) is 55.0 Å². The Bertz CT molecular complexity index is 1430. The Kier molecular flexibility index (Phi) is 7.29. The van der Waals surface area contributed by atoms with Crippen LogP contribution in [0.25, 0.3) is 22.0 Å². The number of ether oxygens (including phenoxy) is 2. The van der Waals surface area contributed by atoms with E-state index >= 15 is 0 Å². The molecule has 0 aliphatic heterocycles. The number of methoxy groups -OCH3 is 1. The van der Waals surface area contributed by atoms with Crippen molar-refractivity contribution in [2.75, 3.05) is 24.4 Å². The van der Waals surface area contributed by atoms with Crippen LogP contribution in [0.1, 0.15) is 37.6 Å². The zero-order valence-corrected chi connectivity index (χ0v) is 22.4. The Morgan fingerprint density at radius 1 is 1.00 bits per heavy atom. The van der Waals surface area contributed by atoms with Crippen LogP contribution in [0.4, 0.5) is 16.3 Å². The van der Waals surface area contributed by atoms with Gasteiger partial charge in [-0.25, -0.2) is 9.78 Å². The molecule has 1 aromatic carbocycles. The third-order valence-corrected chi connectivity index (χ3v) is 5.97. The summed E-state index contributed by atoms with van der Waals surface area (Å²) in [5, 5.41) is 3.74. The first-order chi connectivity index (χ1) is 17.5. The maximum atomic E-state index is 12.3. The van der Waals surface area contributed by atoms with Gasteiger partial charge in [0.15, 0.2) is 0 Å². The van der Waals surface area contributed by atoms with E-state index in [1.165, 1.54) is 0 Å². The van der Waals surface area contributed by atoms with Crippen molar-refractivity contribution in [3.05, 3.63) is 71.8 Å². The van der Waals surface area contributed by atoms with Crippen LogP contribution in [0.3, 0.4) is 0 Å². The number of hydrogen-bond donors (Lipinski definition) is 1. The number of anilines is 2. The Labute approximate surface area is 217 Å². The SMILES string of the molecule is COc1ccc(CN(C)c2cc3ncc(-c4c(C)ncc(NC(=O)OC(C)(C)C)c4C)cc3cn2)cc1. The Balaban J connectivity index is 1.58. The molecule has 0 fully saturated rings. The largest absolute Gasteiger partial charge is 0.497 e. The van der Waals surface area contributed by atoms with Crippen LogP contribution < -0.4 is 15.0 Å². The van der Waals surface area contributed by atoms with Crippen molar-refractivity contribution in [3.63, 3.8) is 0 Å². The number of amides is 1. The van der Waals surface area contributed by atoms with Gasteiger partial charge in [-0.2, -0.15) is 0 Å². The highest BCUT2D eigenvalue weighted by molar-refractivity contribution is 5.90. The maximum absolute atomic E-state index is 12.3. The molecule has 0 saturated heterocycles. The molecule has 8 heteroatoms. The van der Waals surface area contributed by atoms with Crippen LogP contribution in [0.2, 0.25) is 0 Å². The molecule has 1 amide bonds. The van der Waals surface area contributed by atoms with Gasteiger partial charge in [0, 0.05) is 54.3 Å². The number of nitrogens with zero attached hydrogens (tertiary/aromatic N) is 4. The minimum absolute atomic E-state index is 0.515. The molecule has 0 radical (unpaired) electrons. The van der Waals surface area contributed by atoms with Crippen molar-refractivity contribution >= 4 is 28.5 Å². The van der Waals surface area contributed by atoms with Crippen molar-refractivity contribution < 1.29 is 14.3 Å². The lowest BCUT2D eigenvalue weighted by Crippen LogP contribution is -2.27. The zero-order valence-electron chi connectivity index (χ0n) is 22.4. The first kappa shape index (κ1) is 25.9. The highest BCUT2D eigenvalue weighted by atomic mass is 16.6. The van der Waals surface area contributed by atoms with Gasteiger partial charge >= 0.3 is 6.09 Å². The first-order valence-electron chi connectivity index (χ1n) is 12.1. The van der Waals surface area contributed by atoms with E-state index < -0.39 is 11.7 Å².